The Morgan fingerprint density at radius 2 is 1.93 bits per heavy atom. The second-order valence-corrected chi connectivity index (χ2v) is 8.67. The minimum absolute atomic E-state index is 0.0126. The average molecular weight is 372 g/mol. The number of carbonyl (C=O) groups is 1. The lowest BCUT2D eigenvalue weighted by molar-refractivity contribution is -0.153. The molecule has 1 amide bonds. The van der Waals surface area contributed by atoms with E-state index in [1.807, 2.05) is 6.07 Å². The zero-order valence-corrected chi connectivity index (χ0v) is 16.4. The molecule has 1 aliphatic carbocycles. The molecule has 2 heterocycles. The minimum atomic E-state index is 0.0126. The first-order valence-electron chi connectivity index (χ1n) is 10.8. The van der Waals surface area contributed by atoms with Gasteiger partial charge in [0, 0.05) is 32.2 Å². The maximum atomic E-state index is 12.5. The lowest BCUT2D eigenvalue weighted by atomic mass is 9.77. The lowest BCUT2D eigenvalue weighted by Crippen LogP contribution is -2.52. The molecular weight excluding hydrogens is 338 g/mol. The Kier molecular flexibility index (Phi) is 6.14. The molecule has 2 saturated heterocycles. The molecule has 0 radical (unpaired) electrons. The Hall–Kier alpha value is -1.39. The third kappa shape index (κ3) is 4.72. The van der Waals surface area contributed by atoms with Crippen LogP contribution in [-0.2, 0) is 20.9 Å². The van der Waals surface area contributed by atoms with Gasteiger partial charge in [0.05, 0.1) is 12.2 Å². The van der Waals surface area contributed by atoms with Crippen LogP contribution in [0.2, 0.25) is 0 Å². The summed E-state index contributed by atoms with van der Waals surface area (Å²) in [4.78, 5) is 14.6. The maximum absolute atomic E-state index is 12.5. The predicted molar refractivity (Wildman–Crippen MR) is 105 cm³/mol. The molecule has 2 aliphatic heterocycles. The monoisotopic (exact) mass is 371 g/mol. The van der Waals surface area contributed by atoms with Crippen molar-refractivity contribution in [1.82, 2.24) is 4.90 Å². The van der Waals surface area contributed by atoms with Gasteiger partial charge in [-0.2, -0.15) is 0 Å². The zero-order chi connectivity index (χ0) is 18.5. The van der Waals surface area contributed by atoms with Gasteiger partial charge < -0.3 is 14.4 Å². The quantitative estimate of drug-likeness (QED) is 0.704. The molecule has 1 aromatic rings. The largest absolute Gasteiger partial charge is 0.377 e. The first-order valence-corrected chi connectivity index (χ1v) is 10.8. The smallest absolute Gasteiger partial charge is 0.225 e. The summed E-state index contributed by atoms with van der Waals surface area (Å²) in [6.07, 6.45) is 8.83. The van der Waals surface area contributed by atoms with E-state index in [-0.39, 0.29) is 5.60 Å². The van der Waals surface area contributed by atoms with E-state index in [0.29, 0.717) is 24.3 Å². The third-order valence-corrected chi connectivity index (χ3v) is 6.82. The topological polar surface area (TPSA) is 38.8 Å². The number of hydrogen-bond donors (Lipinski definition) is 0. The van der Waals surface area contributed by atoms with Crippen LogP contribution in [0.4, 0.5) is 0 Å². The summed E-state index contributed by atoms with van der Waals surface area (Å²) in [6.45, 7) is 4.15. The van der Waals surface area contributed by atoms with Crippen LogP contribution in [-0.4, -0.2) is 42.7 Å². The van der Waals surface area contributed by atoms with E-state index in [4.69, 9.17) is 9.47 Å². The Balaban J connectivity index is 1.19. The van der Waals surface area contributed by atoms with Crippen molar-refractivity contribution in [2.24, 2.45) is 11.8 Å². The molecule has 1 unspecified atom stereocenters. The summed E-state index contributed by atoms with van der Waals surface area (Å²) in [6, 6.07) is 10.4. The van der Waals surface area contributed by atoms with Crippen molar-refractivity contribution in [2.45, 2.75) is 63.6 Å². The van der Waals surface area contributed by atoms with Gasteiger partial charge in [-0.1, -0.05) is 36.8 Å². The number of likely N-dealkylation sites (tertiary alicyclic amines) is 1. The van der Waals surface area contributed by atoms with Gasteiger partial charge in [0.1, 0.15) is 0 Å². The van der Waals surface area contributed by atoms with E-state index in [0.717, 1.165) is 71.2 Å². The molecule has 1 aromatic carbocycles. The first-order chi connectivity index (χ1) is 13.2. The molecule has 3 fully saturated rings. The SMILES string of the molecule is O=C(C1CCC1)N1CCC2(CC1)CC(CCOCc1ccccc1)CCO2. The van der Waals surface area contributed by atoms with E-state index in [9.17, 15) is 4.79 Å². The van der Waals surface area contributed by atoms with Gasteiger partial charge in [-0.05, 0) is 56.4 Å². The van der Waals surface area contributed by atoms with Crippen molar-refractivity contribution >= 4 is 5.91 Å². The molecule has 27 heavy (non-hydrogen) atoms. The van der Waals surface area contributed by atoms with Crippen LogP contribution < -0.4 is 0 Å². The van der Waals surface area contributed by atoms with Crippen LogP contribution >= 0.6 is 0 Å². The Labute approximate surface area is 163 Å². The van der Waals surface area contributed by atoms with Crippen LogP contribution in [0, 0.1) is 11.8 Å². The molecule has 4 rings (SSSR count). The van der Waals surface area contributed by atoms with Gasteiger partial charge >= 0.3 is 0 Å². The van der Waals surface area contributed by atoms with Gasteiger partial charge in [-0.3, -0.25) is 4.79 Å². The summed E-state index contributed by atoms with van der Waals surface area (Å²) in [5.41, 5.74) is 1.25. The highest BCUT2D eigenvalue weighted by Gasteiger charge is 2.42. The highest BCUT2D eigenvalue weighted by molar-refractivity contribution is 5.79. The van der Waals surface area contributed by atoms with Gasteiger partial charge in [-0.15, -0.1) is 0 Å². The zero-order valence-electron chi connectivity index (χ0n) is 16.4. The summed E-state index contributed by atoms with van der Waals surface area (Å²) in [5, 5.41) is 0. The second kappa shape index (κ2) is 8.74. The number of rotatable bonds is 6. The number of ether oxygens (including phenoxy) is 2. The highest BCUT2D eigenvalue weighted by Crippen LogP contribution is 2.39. The first kappa shape index (κ1) is 18.9. The standard InChI is InChI=1S/C23H33NO3/c25-22(21-7-4-8-21)24-13-11-23(12-14-24)17-19(10-16-27-23)9-15-26-18-20-5-2-1-3-6-20/h1-3,5-6,19,21H,4,7-18H2. The minimum Gasteiger partial charge on any atom is -0.377 e. The number of hydrogen-bond acceptors (Lipinski definition) is 3. The number of piperidine rings is 1. The van der Waals surface area contributed by atoms with Gasteiger partial charge in [0.25, 0.3) is 0 Å². The molecule has 148 valence electrons. The van der Waals surface area contributed by atoms with Crippen molar-refractivity contribution in [3.8, 4) is 0 Å². The molecule has 0 N–H and O–H groups in total. The second-order valence-electron chi connectivity index (χ2n) is 8.67. The van der Waals surface area contributed by atoms with E-state index in [1.165, 1.54) is 12.0 Å². The maximum Gasteiger partial charge on any atom is 0.225 e. The molecule has 3 aliphatic rings. The molecule has 0 aromatic heterocycles. The van der Waals surface area contributed by atoms with Crippen molar-refractivity contribution < 1.29 is 14.3 Å². The normalized spacial score (nSPS) is 25.3. The number of amides is 1. The van der Waals surface area contributed by atoms with E-state index in [1.54, 1.807) is 0 Å². The summed E-state index contributed by atoms with van der Waals surface area (Å²) in [5.74, 6) is 1.40. The Bertz CT molecular complexity index is 605. The van der Waals surface area contributed by atoms with Crippen LogP contribution in [0.25, 0.3) is 0 Å². The lowest BCUT2D eigenvalue weighted by Gasteiger charge is -2.47. The van der Waals surface area contributed by atoms with Gasteiger partial charge in [0.15, 0.2) is 0 Å². The van der Waals surface area contributed by atoms with Crippen molar-refractivity contribution in [3.05, 3.63) is 35.9 Å². The van der Waals surface area contributed by atoms with Crippen molar-refractivity contribution in [3.63, 3.8) is 0 Å². The average Bonchev–Trinajstić information content (AvgIpc) is 2.65. The molecule has 4 nitrogen and oxygen atoms in total. The van der Waals surface area contributed by atoms with E-state index < -0.39 is 0 Å². The Morgan fingerprint density at radius 1 is 1.15 bits per heavy atom. The fourth-order valence-corrected chi connectivity index (χ4v) is 4.79. The molecule has 0 bridgehead atoms. The van der Waals surface area contributed by atoms with Crippen LogP contribution in [0.3, 0.4) is 0 Å². The number of benzene rings is 1. The summed E-state index contributed by atoms with van der Waals surface area (Å²) in [7, 11) is 0. The Morgan fingerprint density at radius 3 is 2.63 bits per heavy atom. The fraction of sp³-hybridized carbons (Fsp3) is 0.696. The predicted octanol–water partition coefficient (Wildman–Crippen LogP) is 4.18. The fourth-order valence-electron chi connectivity index (χ4n) is 4.79. The van der Waals surface area contributed by atoms with Gasteiger partial charge in [-0.25, -0.2) is 0 Å². The van der Waals surface area contributed by atoms with Crippen LogP contribution in [0.1, 0.15) is 56.9 Å². The molecule has 1 atom stereocenters. The van der Waals surface area contributed by atoms with E-state index >= 15 is 0 Å². The number of carbonyl (C=O) groups excluding carboxylic acids is 1. The van der Waals surface area contributed by atoms with Crippen molar-refractivity contribution in [1.29, 1.82) is 0 Å². The van der Waals surface area contributed by atoms with E-state index in [2.05, 4.69) is 29.2 Å². The summed E-state index contributed by atoms with van der Waals surface area (Å²) >= 11 is 0. The molecular formula is C23H33NO3. The highest BCUT2D eigenvalue weighted by atomic mass is 16.5. The summed E-state index contributed by atoms with van der Waals surface area (Å²) < 4.78 is 12.2. The van der Waals surface area contributed by atoms with Crippen LogP contribution in [0.15, 0.2) is 30.3 Å². The number of nitrogens with zero attached hydrogens (tertiary/aromatic N) is 1. The molecule has 1 spiro atoms. The molecule has 1 saturated carbocycles. The molecule has 4 heteroatoms. The third-order valence-electron chi connectivity index (χ3n) is 6.82. The van der Waals surface area contributed by atoms with Gasteiger partial charge in [0.2, 0.25) is 5.91 Å². The van der Waals surface area contributed by atoms with Crippen molar-refractivity contribution in [2.75, 3.05) is 26.3 Å². The van der Waals surface area contributed by atoms with Crippen LogP contribution in [0.5, 0.6) is 0 Å².